The Balaban J connectivity index is 0.000000159. The van der Waals surface area contributed by atoms with E-state index in [2.05, 4.69) is 35.9 Å². The lowest BCUT2D eigenvalue weighted by Crippen LogP contribution is -1.93. The Hall–Kier alpha value is -6.60. The monoisotopic (exact) mass is 744 g/mol. The number of phenolic OH excluding ortho intramolecular Hbond substituents is 4. The highest BCUT2D eigenvalue weighted by atomic mass is 79.9. The molecular weight excluding hydrogens is 716 g/mol. The minimum absolute atomic E-state index is 0.0382. The summed E-state index contributed by atoms with van der Waals surface area (Å²) in [5.74, 6) is 0.855. The summed E-state index contributed by atoms with van der Waals surface area (Å²) in [7, 11) is 0. The van der Waals surface area contributed by atoms with E-state index < -0.39 is 0 Å². The Labute approximate surface area is 298 Å². The maximum absolute atomic E-state index is 10.6. The molecule has 4 aromatic heterocycles. The SMILES string of the molecule is Oc1ccc(Cc2nc3c(Br)nc(-c4ccc(O)cc4)cn3c2O)cc1.Oc1ccc(Cc2nc3cnc(-c4ccc(O)cc4)cn3c2O)cc1. The van der Waals surface area contributed by atoms with Crippen LogP contribution in [0.1, 0.15) is 22.5 Å². The number of benzene rings is 4. The lowest BCUT2D eigenvalue weighted by atomic mass is 10.1. The van der Waals surface area contributed by atoms with Gasteiger partial charge in [-0.1, -0.05) is 24.3 Å². The van der Waals surface area contributed by atoms with Crippen molar-refractivity contribution in [1.29, 1.82) is 0 Å². The third-order valence-corrected chi connectivity index (χ3v) is 8.64. The van der Waals surface area contributed by atoms with Gasteiger partial charge in [-0.2, -0.15) is 0 Å². The second kappa shape index (κ2) is 13.7. The molecular formula is C38H29BrN6O6. The van der Waals surface area contributed by atoms with Crippen molar-refractivity contribution >= 4 is 27.2 Å². The van der Waals surface area contributed by atoms with Crippen LogP contribution in [0.5, 0.6) is 34.8 Å². The number of imidazole rings is 2. The normalized spacial score (nSPS) is 11.1. The zero-order valence-corrected chi connectivity index (χ0v) is 28.2. The molecule has 0 bridgehead atoms. The second-order valence-corrected chi connectivity index (χ2v) is 12.4. The van der Waals surface area contributed by atoms with E-state index in [9.17, 15) is 30.6 Å². The molecule has 0 aliphatic rings. The van der Waals surface area contributed by atoms with Crippen LogP contribution >= 0.6 is 15.9 Å². The number of hydrogen-bond donors (Lipinski definition) is 6. The molecule has 4 heterocycles. The summed E-state index contributed by atoms with van der Waals surface area (Å²) >= 11 is 3.41. The molecule has 4 aromatic carbocycles. The first-order valence-electron chi connectivity index (χ1n) is 15.6. The van der Waals surface area contributed by atoms with Gasteiger partial charge in [0.1, 0.15) is 39.0 Å². The van der Waals surface area contributed by atoms with E-state index in [-0.39, 0.29) is 34.8 Å². The van der Waals surface area contributed by atoms with E-state index in [1.54, 1.807) is 124 Å². The van der Waals surface area contributed by atoms with Crippen molar-refractivity contribution in [3.8, 4) is 57.3 Å². The average molecular weight is 746 g/mol. The first-order chi connectivity index (χ1) is 24.6. The molecule has 0 aliphatic carbocycles. The number of fused-ring (bicyclic) bond motifs is 2. The van der Waals surface area contributed by atoms with Crippen molar-refractivity contribution in [3.05, 3.63) is 143 Å². The van der Waals surface area contributed by atoms with E-state index in [0.717, 1.165) is 22.3 Å². The van der Waals surface area contributed by atoms with Crippen molar-refractivity contribution in [2.75, 3.05) is 0 Å². The van der Waals surface area contributed by atoms with Crippen molar-refractivity contribution in [3.63, 3.8) is 0 Å². The molecule has 0 unspecified atom stereocenters. The highest BCUT2D eigenvalue weighted by molar-refractivity contribution is 9.10. The average Bonchev–Trinajstić information content (AvgIpc) is 3.62. The summed E-state index contributed by atoms with van der Waals surface area (Å²) in [4.78, 5) is 17.8. The van der Waals surface area contributed by atoms with Crippen molar-refractivity contribution < 1.29 is 30.6 Å². The van der Waals surface area contributed by atoms with E-state index in [4.69, 9.17) is 0 Å². The maximum atomic E-state index is 10.6. The maximum Gasteiger partial charge on any atom is 0.219 e. The van der Waals surface area contributed by atoms with Gasteiger partial charge in [0, 0.05) is 36.4 Å². The van der Waals surface area contributed by atoms with E-state index in [1.165, 1.54) is 0 Å². The summed E-state index contributed by atoms with van der Waals surface area (Å²) in [5.41, 5.74) is 6.90. The van der Waals surface area contributed by atoms with Crippen LogP contribution in [0.15, 0.2) is 120 Å². The molecule has 0 spiro atoms. The summed E-state index contributed by atoms with van der Waals surface area (Å²) in [6, 6.07) is 26.9. The topological polar surface area (TPSA) is 182 Å². The molecule has 51 heavy (non-hydrogen) atoms. The number of hydrogen-bond acceptors (Lipinski definition) is 10. The fourth-order valence-electron chi connectivity index (χ4n) is 5.44. The number of aromatic hydroxyl groups is 6. The third-order valence-electron chi connectivity index (χ3n) is 8.10. The number of rotatable bonds is 6. The van der Waals surface area contributed by atoms with Gasteiger partial charge in [0.15, 0.2) is 11.3 Å². The molecule has 0 amide bonds. The summed E-state index contributed by atoms with van der Waals surface area (Å²) in [5, 5.41) is 58.7. The Bertz CT molecular complexity index is 2480. The predicted molar refractivity (Wildman–Crippen MR) is 193 cm³/mol. The van der Waals surface area contributed by atoms with E-state index >= 15 is 0 Å². The van der Waals surface area contributed by atoms with Crippen molar-refractivity contribution in [2.45, 2.75) is 12.8 Å². The molecule has 0 radical (unpaired) electrons. The fourth-order valence-corrected chi connectivity index (χ4v) is 5.91. The number of halogens is 1. The molecule has 8 aromatic rings. The quantitative estimate of drug-likeness (QED) is 0.104. The smallest absolute Gasteiger partial charge is 0.219 e. The van der Waals surface area contributed by atoms with Gasteiger partial charge in [-0.25, -0.2) is 15.0 Å². The number of phenols is 4. The highest BCUT2D eigenvalue weighted by Crippen LogP contribution is 2.30. The molecule has 12 nitrogen and oxygen atoms in total. The van der Waals surface area contributed by atoms with E-state index in [1.807, 2.05) is 0 Å². The zero-order valence-electron chi connectivity index (χ0n) is 26.6. The van der Waals surface area contributed by atoms with Gasteiger partial charge in [0.05, 0.1) is 17.6 Å². The lowest BCUT2D eigenvalue weighted by molar-refractivity contribution is 0.442. The van der Waals surface area contributed by atoms with Crippen LogP contribution in [0.4, 0.5) is 0 Å². The largest absolute Gasteiger partial charge is 0.508 e. The van der Waals surface area contributed by atoms with Crippen LogP contribution in [0.3, 0.4) is 0 Å². The van der Waals surface area contributed by atoms with Gasteiger partial charge in [-0.3, -0.25) is 13.8 Å². The van der Waals surface area contributed by atoms with Gasteiger partial charge in [0.25, 0.3) is 0 Å². The standard InChI is InChI=1S/C19H14BrN3O3.C19H15N3O3/c20-17-18-22-15(9-11-1-5-13(24)6-2-11)19(26)23(18)10-16(21-17)12-3-7-14(25)8-4-12;23-14-5-1-12(2-6-14)9-16-19(25)22-11-17(20-10-18(22)21-16)13-3-7-15(24)8-4-13/h1-8,10,24-26H,9H2;1-8,10-11,23-25H,9H2. The van der Waals surface area contributed by atoms with Crippen LogP contribution < -0.4 is 0 Å². The van der Waals surface area contributed by atoms with Crippen LogP contribution in [0.2, 0.25) is 0 Å². The predicted octanol–water partition coefficient (Wildman–Crippen LogP) is 6.97. The molecule has 254 valence electrons. The molecule has 0 fully saturated rings. The summed E-state index contributed by atoms with van der Waals surface area (Å²) in [6.07, 6.45) is 5.89. The minimum atomic E-state index is 0.0382. The Morgan fingerprint density at radius 1 is 0.490 bits per heavy atom. The van der Waals surface area contributed by atoms with E-state index in [0.29, 0.717) is 51.5 Å². The molecule has 6 N–H and O–H groups in total. The molecule has 0 saturated carbocycles. The van der Waals surface area contributed by atoms with Crippen LogP contribution in [-0.4, -0.2) is 59.4 Å². The third kappa shape index (κ3) is 7.09. The Kier molecular flexibility index (Phi) is 8.86. The van der Waals surface area contributed by atoms with Gasteiger partial charge in [0.2, 0.25) is 11.8 Å². The highest BCUT2D eigenvalue weighted by Gasteiger charge is 2.17. The van der Waals surface area contributed by atoms with Gasteiger partial charge >= 0.3 is 0 Å². The summed E-state index contributed by atoms with van der Waals surface area (Å²) in [6.45, 7) is 0. The minimum Gasteiger partial charge on any atom is -0.508 e. The first kappa shape index (κ1) is 32.9. The van der Waals surface area contributed by atoms with Crippen LogP contribution in [0.25, 0.3) is 33.8 Å². The Morgan fingerprint density at radius 2 is 0.922 bits per heavy atom. The first-order valence-corrected chi connectivity index (χ1v) is 16.4. The van der Waals surface area contributed by atoms with Gasteiger partial charge in [-0.05, 0) is 99.9 Å². The number of nitrogens with zero attached hydrogens (tertiary/aromatic N) is 6. The lowest BCUT2D eigenvalue weighted by Gasteiger charge is -2.04. The Morgan fingerprint density at radius 3 is 1.45 bits per heavy atom. The second-order valence-electron chi connectivity index (χ2n) is 11.7. The zero-order chi connectivity index (χ0) is 35.6. The fraction of sp³-hybridized carbons (Fsp3) is 0.0526. The van der Waals surface area contributed by atoms with Gasteiger partial charge in [-0.15, -0.1) is 0 Å². The van der Waals surface area contributed by atoms with Gasteiger partial charge < -0.3 is 30.6 Å². The number of aromatic nitrogens is 6. The molecule has 0 atom stereocenters. The molecule has 0 aliphatic heterocycles. The van der Waals surface area contributed by atoms with Crippen molar-refractivity contribution in [2.24, 2.45) is 0 Å². The van der Waals surface area contributed by atoms with Crippen molar-refractivity contribution in [1.82, 2.24) is 28.7 Å². The molecule has 0 saturated heterocycles. The molecule has 8 rings (SSSR count). The van der Waals surface area contributed by atoms with Crippen LogP contribution in [-0.2, 0) is 12.8 Å². The molecule has 13 heteroatoms. The summed E-state index contributed by atoms with van der Waals surface area (Å²) < 4.78 is 3.68. The van der Waals surface area contributed by atoms with Crippen LogP contribution in [0, 0.1) is 0 Å².